The van der Waals surface area contributed by atoms with Crippen molar-refractivity contribution in [3.05, 3.63) is 212 Å². The van der Waals surface area contributed by atoms with Gasteiger partial charge in [0.25, 0.3) is 0 Å². The van der Waals surface area contributed by atoms with Crippen molar-refractivity contribution in [1.82, 2.24) is 0 Å². The van der Waals surface area contributed by atoms with Gasteiger partial charge in [0.1, 0.15) is 0 Å². The zero-order chi connectivity index (χ0) is 35.8. The van der Waals surface area contributed by atoms with Gasteiger partial charge in [0, 0.05) is 37.0 Å². The quantitative estimate of drug-likeness (QED) is 0.160. The minimum Gasteiger partial charge on any atom is -0.309 e. The van der Waals surface area contributed by atoms with E-state index in [1.54, 1.807) is 0 Å². The number of nitrogens with zero attached hydrogens (tertiary/aromatic N) is 1. The number of para-hydroxylation sites is 2. The summed E-state index contributed by atoms with van der Waals surface area (Å²) in [5.74, 6) is 0. The lowest BCUT2D eigenvalue weighted by atomic mass is 9.95. The highest BCUT2D eigenvalue weighted by atomic mass is 32.1. The maximum Gasteiger partial charge on any atom is 0.0540 e. The van der Waals surface area contributed by atoms with Gasteiger partial charge in [-0.05, 0) is 92.7 Å². The molecule has 0 aliphatic heterocycles. The highest BCUT2D eigenvalue weighted by molar-refractivity contribution is 7.25. The molecule has 0 spiro atoms. The van der Waals surface area contributed by atoms with E-state index in [1.165, 1.54) is 75.5 Å². The summed E-state index contributed by atoms with van der Waals surface area (Å²) >= 11 is 1.86. The van der Waals surface area contributed by atoms with Crippen LogP contribution in [0.3, 0.4) is 0 Å². The van der Waals surface area contributed by atoms with E-state index < -0.39 is 0 Å². The summed E-state index contributed by atoms with van der Waals surface area (Å²) < 4.78 is 2.63. The van der Waals surface area contributed by atoms with Gasteiger partial charge in [-0.25, -0.2) is 0 Å². The van der Waals surface area contributed by atoms with Gasteiger partial charge in [0.15, 0.2) is 0 Å². The molecule has 10 aromatic rings. The fourth-order valence-electron chi connectivity index (χ4n) is 7.89. The van der Waals surface area contributed by atoms with Crippen LogP contribution in [0.2, 0.25) is 0 Å². The first-order valence-electron chi connectivity index (χ1n) is 18.4. The van der Waals surface area contributed by atoms with E-state index in [2.05, 4.69) is 217 Å². The second-order valence-electron chi connectivity index (χ2n) is 13.7. The minimum absolute atomic E-state index is 1.10. The third-order valence-corrected chi connectivity index (χ3v) is 11.6. The van der Waals surface area contributed by atoms with Crippen molar-refractivity contribution in [2.24, 2.45) is 0 Å². The predicted molar refractivity (Wildman–Crippen MR) is 233 cm³/mol. The van der Waals surface area contributed by atoms with Gasteiger partial charge in [-0.15, -0.1) is 11.3 Å². The largest absolute Gasteiger partial charge is 0.309 e. The number of hydrogen-bond donors (Lipinski definition) is 0. The van der Waals surface area contributed by atoms with Gasteiger partial charge in [-0.2, -0.15) is 0 Å². The highest BCUT2D eigenvalue weighted by Crippen LogP contribution is 2.46. The first-order chi connectivity index (χ1) is 26.8. The molecule has 0 bridgehead atoms. The molecule has 254 valence electrons. The molecule has 0 unspecified atom stereocenters. The van der Waals surface area contributed by atoms with Crippen molar-refractivity contribution in [3.8, 4) is 44.5 Å². The lowest BCUT2D eigenvalue weighted by Crippen LogP contribution is -2.12. The highest BCUT2D eigenvalue weighted by Gasteiger charge is 2.21. The van der Waals surface area contributed by atoms with Crippen LogP contribution in [0, 0.1) is 0 Å². The zero-order valence-corrected chi connectivity index (χ0v) is 30.4. The lowest BCUT2D eigenvalue weighted by molar-refractivity contribution is 1.28. The van der Waals surface area contributed by atoms with Gasteiger partial charge < -0.3 is 4.90 Å². The summed E-state index contributed by atoms with van der Waals surface area (Å²) in [7, 11) is 0. The molecule has 0 atom stereocenters. The van der Waals surface area contributed by atoms with E-state index in [4.69, 9.17) is 0 Å². The third-order valence-electron chi connectivity index (χ3n) is 10.5. The Hall–Kier alpha value is -6.74. The van der Waals surface area contributed by atoms with Crippen LogP contribution in [0.15, 0.2) is 212 Å². The maximum absolute atomic E-state index is 2.43. The zero-order valence-electron chi connectivity index (χ0n) is 29.6. The molecule has 1 nitrogen and oxygen atoms in total. The Morgan fingerprint density at radius 3 is 1.65 bits per heavy atom. The van der Waals surface area contributed by atoms with E-state index in [-0.39, 0.29) is 0 Å². The molecule has 9 aromatic carbocycles. The standard InChI is InChI=1S/C52H35NS/c1-2-14-38(15-3-1)45-21-6-9-25-49(45)53(50-26-10-7-22-46(50)41-30-33-52-48(35-41)47-23-8-11-27-51(47)54-52)42-31-28-36(29-32-42)39-18-12-19-40(34-39)44-24-13-17-37-16-4-5-20-43(37)44/h1-35H. The Morgan fingerprint density at radius 1 is 0.296 bits per heavy atom. The topological polar surface area (TPSA) is 3.24 Å². The summed E-state index contributed by atoms with van der Waals surface area (Å²) in [6.07, 6.45) is 0. The van der Waals surface area contributed by atoms with Crippen LogP contribution in [0.1, 0.15) is 0 Å². The smallest absolute Gasteiger partial charge is 0.0540 e. The molecule has 2 heteroatoms. The van der Waals surface area contributed by atoms with Crippen molar-refractivity contribution in [2.45, 2.75) is 0 Å². The van der Waals surface area contributed by atoms with Crippen LogP contribution < -0.4 is 4.90 Å². The monoisotopic (exact) mass is 705 g/mol. The van der Waals surface area contributed by atoms with E-state index in [0.29, 0.717) is 0 Å². The fourth-order valence-corrected chi connectivity index (χ4v) is 8.98. The Morgan fingerprint density at radius 2 is 0.833 bits per heavy atom. The number of thiophene rings is 1. The maximum atomic E-state index is 2.43. The van der Waals surface area contributed by atoms with Crippen molar-refractivity contribution in [1.29, 1.82) is 0 Å². The van der Waals surface area contributed by atoms with Gasteiger partial charge in [0.05, 0.1) is 11.4 Å². The molecule has 0 aliphatic carbocycles. The van der Waals surface area contributed by atoms with Crippen LogP contribution in [-0.2, 0) is 0 Å². The molecular weight excluding hydrogens is 671 g/mol. The van der Waals surface area contributed by atoms with Crippen LogP contribution in [0.5, 0.6) is 0 Å². The summed E-state index contributed by atoms with van der Waals surface area (Å²) in [4.78, 5) is 2.43. The fraction of sp³-hybridized carbons (Fsp3) is 0. The molecule has 1 heterocycles. The Balaban J connectivity index is 1.11. The van der Waals surface area contributed by atoms with Gasteiger partial charge in [0.2, 0.25) is 0 Å². The molecule has 0 fully saturated rings. The second kappa shape index (κ2) is 13.7. The molecule has 0 saturated carbocycles. The molecule has 0 radical (unpaired) electrons. The van der Waals surface area contributed by atoms with Crippen molar-refractivity contribution in [2.75, 3.05) is 4.90 Å². The molecule has 0 aliphatic rings. The number of rotatable bonds is 7. The van der Waals surface area contributed by atoms with Crippen LogP contribution in [0.4, 0.5) is 17.1 Å². The van der Waals surface area contributed by atoms with Crippen molar-refractivity contribution < 1.29 is 0 Å². The SMILES string of the molecule is c1ccc(-c2ccccc2N(c2ccc(-c3cccc(-c4cccc5ccccc45)c3)cc2)c2ccccc2-c2ccc3sc4ccccc4c3c2)cc1. The van der Waals surface area contributed by atoms with Gasteiger partial charge >= 0.3 is 0 Å². The number of hydrogen-bond acceptors (Lipinski definition) is 2. The normalized spacial score (nSPS) is 11.3. The Bertz CT molecular complexity index is 2930. The van der Waals surface area contributed by atoms with E-state index in [0.717, 1.165) is 17.1 Å². The van der Waals surface area contributed by atoms with Crippen LogP contribution >= 0.6 is 11.3 Å². The lowest BCUT2D eigenvalue weighted by Gasteiger charge is -2.30. The molecule has 0 N–H and O–H groups in total. The summed E-state index contributed by atoms with van der Waals surface area (Å²) in [6.45, 7) is 0. The summed E-state index contributed by atoms with van der Waals surface area (Å²) in [5, 5.41) is 5.13. The Labute approximate surface area is 319 Å². The average Bonchev–Trinajstić information content (AvgIpc) is 3.63. The number of anilines is 3. The first-order valence-corrected chi connectivity index (χ1v) is 19.2. The first kappa shape index (κ1) is 32.0. The molecular formula is C52H35NS. The predicted octanol–water partition coefficient (Wildman–Crippen LogP) is 15.3. The van der Waals surface area contributed by atoms with Crippen molar-refractivity contribution >= 4 is 59.3 Å². The van der Waals surface area contributed by atoms with Crippen LogP contribution in [-0.4, -0.2) is 0 Å². The summed E-state index contributed by atoms with van der Waals surface area (Å²) in [5.41, 5.74) is 12.9. The van der Waals surface area contributed by atoms with Gasteiger partial charge in [-0.1, -0.05) is 164 Å². The Kier molecular flexibility index (Phi) is 8.09. The van der Waals surface area contributed by atoms with E-state index in [9.17, 15) is 0 Å². The number of fused-ring (bicyclic) bond motifs is 4. The van der Waals surface area contributed by atoms with Gasteiger partial charge in [-0.3, -0.25) is 0 Å². The average molecular weight is 706 g/mol. The number of benzene rings is 9. The minimum atomic E-state index is 1.10. The molecule has 0 saturated heterocycles. The van der Waals surface area contributed by atoms with Crippen molar-refractivity contribution in [3.63, 3.8) is 0 Å². The summed E-state index contributed by atoms with van der Waals surface area (Å²) in [6, 6.07) is 77.2. The molecule has 10 rings (SSSR count). The molecule has 1 aromatic heterocycles. The van der Waals surface area contributed by atoms with E-state index >= 15 is 0 Å². The molecule has 0 amide bonds. The van der Waals surface area contributed by atoms with E-state index in [1.807, 2.05) is 11.3 Å². The third kappa shape index (κ3) is 5.74. The molecule has 54 heavy (non-hydrogen) atoms. The van der Waals surface area contributed by atoms with Crippen LogP contribution in [0.25, 0.3) is 75.5 Å². The second-order valence-corrected chi connectivity index (χ2v) is 14.8.